The Morgan fingerprint density at radius 2 is 0.763 bits per heavy atom. The fraction of sp³-hybridized carbons (Fsp3) is 0.405. The van der Waals surface area contributed by atoms with Crippen LogP contribution in [0.2, 0.25) is 5.54 Å². The van der Waals surface area contributed by atoms with Gasteiger partial charge in [-0.05, 0) is 93.9 Å². The zero-order valence-electron chi connectivity index (χ0n) is 25.0. The van der Waals surface area contributed by atoms with Crippen molar-refractivity contribution in [3.05, 3.63) is 112 Å². The Hall–Kier alpha value is -2.64. The molecule has 1 heteroatoms. The topological polar surface area (TPSA) is 0 Å². The third kappa shape index (κ3) is 5.41. The van der Waals surface area contributed by atoms with Crippen LogP contribution in [0.5, 0.6) is 0 Å². The van der Waals surface area contributed by atoms with Gasteiger partial charge in [-0.1, -0.05) is 127 Å². The van der Waals surface area contributed by atoms with E-state index in [1.807, 2.05) is 0 Å². The highest BCUT2D eigenvalue weighted by molar-refractivity contribution is 7.13. The molecule has 0 fully saturated rings. The van der Waals surface area contributed by atoms with Crippen molar-refractivity contribution in [1.82, 2.24) is 0 Å². The number of hydrogen-bond donors (Lipinski definition) is 0. The number of rotatable bonds is 11. The summed E-state index contributed by atoms with van der Waals surface area (Å²) in [6, 6.07) is 22.9. The van der Waals surface area contributed by atoms with Gasteiger partial charge in [-0.3, -0.25) is 0 Å². The van der Waals surface area contributed by atoms with Crippen LogP contribution < -0.4 is 15.6 Å². The molecule has 0 aliphatic heterocycles. The van der Waals surface area contributed by atoms with E-state index in [2.05, 4.69) is 121 Å². The summed E-state index contributed by atoms with van der Waals surface area (Å²) in [6.07, 6.45) is 15.2. The molecule has 38 heavy (non-hydrogen) atoms. The lowest BCUT2D eigenvalue weighted by atomic mass is 10.1. The van der Waals surface area contributed by atoms with Crippen LogP contribution >= 0.6 is 0 Å². The van der Waals surface area contributed by atoms with E-state index in [1.54, 1.807) is 15.6 Å². The number of allylic oxidation sites excluding steroid dienone is 4. The quantitative estimate of drug-likeness (QED) is 0.179. The van der Waals surface area contributed by atoms with E-state index in [0.29, 0.717) is 5.54 Å². The lowest BCUT2D eigenvalue weighted by Crippen LogP contribution is -2.69. The minimum atomic E-state index is -2.50. The number of aryl methyl sites for hydroxylation is 6. The van der Waals surface area contributed by atoms with Gasteiger partial charge < -0.3 is 0 Å². The van der Waals surface area contributed by atoms with Crippen molar-refractivity contribution in [2.24, 2.45) is 0 Å². The van der Waals surface area contributed by atoms with Crippen LogP contribution in [0.25, 0.3) is 0 Å². The van der Waals surface area contributed by atoms with E-state index >= 15 is 0 Å². The Labute approximate surface area is 233 Å². The summed E-state index contributed by atoms with van der Waals surface area (Å²) in [4.78, 5) is 0. The molecule has 0 bridgehead atoms. The summed E-state index contributed by atoms with van der Waals surface area (Å²) in [5.41, 5.74) is 10.7. The Kier molecular flexibility index (Phi) is 9.31. The van der Waals surface area contributed by atoms with E-state index < -0.39 is 8.07 Å². The highest BCUT2D eigenvalue weighted by atomic mass is 28.3. The fourth-order valence-electron chi connectivity index (χ4n) is 6.35. The van der Waals surface area contributed by atoms with Gasteiger partial charge >= 0.3 is 0 Å². The first-order valence-corrected chi connectivity index (χ1v) is 17.3. The molecule has 0 saturated heterocycles. The molecule has 0 nitrogen and oxygen atoms in total. The van der Waals surface area contributed by atoms with Crippen molar-refractivity contribution < 1.29 is 0 Å². The molecule has 1 aliphatic rings. The van der Waals surface area contributed by atoms with Crippen LogP contribution in [0.3, 0.4) is 0 Å². The molecule has 0 saturated carbocycles. The second-order valence-corrected chi connectivity index (χ2v) is 15.0. The van der Waals surface area contributed by atoms with Crippen molar-refractivity contribution in [1.29, 1.82) is 0 Å². The van der Waals surface area contributed by atoms with Crippen LogP contribution in [0.1, 0.15) is 88.3 Å². The van der Waals surface area contributed by atoms with Gasteiger partial charge in [0, 0.05) is 5.54 Å². The van der Waals surface area contributed by atoms with Crippen LogP contribution in [-0.2, 0) is 38.5 Å². The molecule has 3 aromatic carbocycles. The Balaban J connectivity index is 2.22. The van der Waals surface area contributed by atoms with E-state index in [9.17, 15) is 0 Å². The lowest BCUT2D eigenvalue weighted by Gasteiger charge is -2.39. The average molecular weight is 521 g/mol. The summed E-state index contributed by atoms with van der Waals surface area (Å²) < 4.78 is 0. The first-order valence-electron chi connectivity index (χ1n) is 15.2. The normalized spacial score (nSPS) is 15.2. The molecule has 1 unspecified atom stereocenters. The van der Waals surface area contributed by atoms with Crippen LogP contribution in [0, 0.1) is 0 Å². The standard InChI is InChI=1S/C37H48Si/c1-8-27-15-16-34(20-27)38(35-21-28(9-2)17-29(10-3)22-35,36-23-30(11-4)18-31(12-5)24-36)37-25-32(13-6)19-33(14-7)26-37/h15-26,34H,8-14H2,1-7H3. The first kappa shape index (κ1) is 28.4. The number of benzene rings is 3. The maximum absolute atomic E-state index is 2.63. The van der Waals surface area contributed by atoms with Crippen LogP contribution in [0.4, 0.5) is 0 Å². The summed E-state index contributed by atoms with van der Waals surface area (Å²) in [5.74, 6) is 0. The Morgan fingerprint density at radius 3 is 1.00 bits per heavy atom. The molecule has 0 heterocycles. The molecule has 4 rings (SSSR count). The zero-order valence-corrected chi connectivity index (χ0v) is 26.0. The summed E-state index contributed by atoms with van der Waals surface area (Å²) in [5, 5.41) is 4.76. The monoisotopic (exact) mass is 520 g/mol. The van der Waals surface area contributed by atoms with Crippen molar-refractivity contribution in [2.45, 2.75) is 99.0 Å². The molecular formula is C37H48Si. The smallest absolute Gasteiger partial charge is 0.0790 e. The Morgan fingerprint density at radius 1 is 0.447 bits per heavy atom. The van der Waals surface area contributed by atoms with Crippen LogP contribution in [0.15, 0.2) is 78.4 Å². The first-order chi connectivity index (χ1) is 18.4. The van der Waals surface area contributed by atoms with E-state index in [-0.39, 0.29) is 0 Å². The molecule has 0 spiro atoms. The minimum absolute atomic E-state index is 0.405. The molecule has 0 radical (unpaired) electrons. The summed E-state index contributed by atoms with van der Waals surface area (Å²) in [6.45, 7) is 16.2. The SMILES string of the molecule is CCC1=CC([Si](c2cc(CC)cc(CC)c2)(c2cc(CC)cc(CC)c2)c2cc(CC)cc(CC)c2)C=C1. The molecule has 200 valence electrons. The second-order valence-electron chi connectivity index (χ2n) is 11.0. The summed E-state index contributed by atoms with van der Waals surface area (Å²) in [7, 11) is -2.50. The van der Waals surface area contributed by atoms with E-state index in [0.717, 1.165) is 44.9 Å². The zero-order chi connectivity index (χ0) is 27.3. The highest BCUT2D eigenvalue weighted by Gasteiger charge is 2.46. The molecule has 1 aliphatic carbocycles. The summed E-state index contributed by atoms with van der Waals surface area (Å²) >= 11 is 0. The lowest BCUT2D eigenvalue weighted by molar-refractivity contribution is 1.08. The van der Waals surface area contributed by atoms with Gasteiger partial charge in [-0.2, -0.15) is 0 Å². The second kappa shape index (κ2) is 12.5. The third-order valence-electron chi connectivity index (χ3n) is 8.79. The molecule has 3 aromatic rings. The van der Waals surface area contributed by atoms with Crippen molar-refractivity contribution in [2.75, 3.05) is 0 Å². The average Bonchev–Trinajstić information content (AvgIpc) is 3.46. The molecule has 1 atom stereocenters. The fourth-order valence-corrected chi connectivity index (χ4v) is 11.8. The van der Waals surface area contributed by atoms with Crippen molar-refractivity contribution in [3.8, 4) is 0 Å². The van der Waals surface area contributed by atoms with Gasteiger partial charge in [-0.15, -0.1) is 0 Å². The largest absolute Gasteiger partial charge is 0.158 e. The maximum atomic E-state index is 2.63. The molecule has 0 aromatic heterocycles. The minimum Gasteiger partial charge on any atom is -0.0790 e. The van der Waals surface area contributed by atoms with Crippen LogP contribution in [-0.4, -0.2) is 8.07 Å². The third-order valence-corrected chi connectivity index (χ3v) is 13.7. The van der Waals surface area contributed by atoms with Crippen molar-refractivity contribution >= 4 is 23.6 Å². The number of hydrogen-bond acceptors (Lipinski definition) is 0. The highest BCUT2D eigenvalue weighted by Crippen LogP contribution is 2.34. The Bertz CT molecular complexity index is 1120. The van der Waals surface area contributed by atoms with E-state index in [4.69, 9.17) is 0 Å². The maximum Gasteiger partial charge on any atom is 0.158 e. The molecule has 0 amide bonds. The van der Waals surface area contributed by atoms with Gasteiger partial charge in [0.15, 0.2) is 8.07 Å². The van der Waals surface area contributed by atoms with Gasteiger partial charge in [0.1, 0.15) is 0 Å². The molecular weight excluding hydrogens is 472 g/mol. The van der Waals surface area contributed by atoms with Gasteiger partial charge in [0.05, 0.1) is 0 Å². The van der Waals surface area contributed by atoms with Gasteiger partial charge in [0.2, 0.25) is 0 Å². The predicted octanol–water partition coefficient (Wildman–Crippen LogP) is 7.81. The van der Waals surface area contributed by atoms with Gasteiger partial charge in [0.25, 0.3) is 0 Å². The van der Waals surface area contributed by atoms with Crippen molar-refractivity contribution in [3.63, 3.8) is 0 Å². The van der Waals surface area contributed by atoms with Gasteiger partial charge in [-0.25, -0.2) is 0 Å². The predicted molar refractivity (Wildman–Crippen MR) is 172 cm³/mol. The molecule has 0 N–H and O–H groups in total. The van der Waals surface area contributed by atoms with E-state index in [1.165, 1.54) is 39.0 Å².